The number of anilines is 2. The van der Waals surface area contributed by atoms with E-state index < -0.39 is 21.6 Å². The van der Waals surface area contributed by atoms with Crippen molar-refractivity contribution in [2.24, 2.45) is 0 Å². The molecule has 0 fully saturated rings. The molecular formula is C28H21FN6O3S. The van der Waals surface area contributed by atoms with Crippen LogP contribution in [0, 0.1) is 24.1 Å². The maximum atomic E-state index is 15.0. The molecule has 39 heavy (non-hydrogen) atoms. The van der Waals surface area contributed by atoms with Gasteiger partial charge in [0.25, 0.3) is 0 Å². The Labute approximate surface area is 223 Å². The van der Waals surface area contributed by atoms with Crippen LogP contribution in [0.15, 0.2) is 79.1 Å². The number of nitrogens with zero attached hydrogens (tertiary/aromatic N) is 4. The summed E-state index contributed by atoms with van der Waals surface area (Å²) in [5.74, 6) is -0.434. The van der Waals surface area contributed by atoms with Crippen LogP contribution in [0.3, 0.4) is 0 Å². The number of halogens is 1. The number of rotatable bonds is 7. The monoisotopic (exact) mass is 540 g/mol. The van der Waals surface area contributed by atoms with E-state index in [0.717, 1.165) is 5.56 Å². The molecule has 0 saturated carbocycles. The van der Waals surface area contributed by atoms with Crippen molar-refractivity contribution in [1.29, 1.82) is 5.26 Å². The molecule has 3 N–H and O–H groups in total. The van der Waals surface area contributed by atoms with Gasteiger partial charge in [-0.15, -0.1) is 0 Å². The molecule has 0 radical (unpaired) electrons. The minimum absolute atomic E-state index is 0.0945. The largest absolute Gasteiger partial charge is 0.437 e. The number of hydrogen-bond donors (Lipinski definition) is 2. The van der Waals surface area contributed by atoms with Gasteiger partial charge in [-0.05, 0) is 60.5 Å². The molecule has 0 aliphatic carbocycles. The van der Waals surface area contributed by atoms with Crippen LogP contribution in [-0.4, -0.2) is 23.4 Å². The average molecular weight is 541 g/mol. The highest BCUT2D eigenvalue weighted by Crippen LogP contribution is 2.39. The fourth-order valence-electron chi connectivity index (χ4n) is 4.07. The SMILES string of the molecule is Cc1ccc2c(NS(=O)(=O)Cc3ccc(C#N)cc3)c(F)ccc2c1Oc1ncccc1-c1ccnc(N)n1. The number of hydrogen-bond acceptors (Lipinski definition) is 8. The lowest BCUT2D eigenvalue weighted by Crippen LogP contribution is -2.16. The maximum Gasteiger partial charge on any atom is 0.237 e. The van der Waals surface area contributed by atoms with E-state index in [1.54, 1.807) is 48.7 Å². The molecule has 0 bridgehead atoms. The van der Waals surface area contributed by atoms with Crippen LogP contribution in [0.2, 0.25) is 0 Å². The Bertz CT molecular complexity index is 1850. The highest BCUT2D eigenvalue weighted by Gasteiger charge is 2.20. The Balaban J connectivity index is 1.53. The van der Waals surface area contributed by atoms with E-state index in [1.807, 2.05) is 13.0 Å². The van der Waals surface area contributed by atoms with Crippen molar-refractivity contribution in [2.45, 2.75) is 12.7 Å². The normalized spacial score (nSPS) is 11.2. The van der Waals surface area contributed by atoms with Crippen molar-refractivity contribution < 1.29 is 17.5 Å². The van der Waals surface area contributed by atoms with Crippen LogP contribution >= 0.6 is 0 Å². The molecule has 3 aromatic carbocycles. The van der Waals surface area contributed by atoms with E-state index in [0.29, 0.717) is 38.9 Å². The molecular weight excluding hydrogens is 519 g/mol. The fraction of sp³-hybridized carbons (Fsp3) is 0.0714. The van der Waals surface area contributed by atoms with Crippen molar-refractivity contribution in [1.82, 2.24) is 15.0 Å². The summed E-state index contributed by atoms with van der Waals surface area (Å²) >= 11 is 0. The van der Waals surface area contributed by atoms with Gasteiger partial charge in [-0.3, -0.25) is 4.72 Å². The molecule has 0 unspecified atom stereocenters. The van der Waals surface area contributed by atoms with Gasteiger partial charge in [0.05, 0.1) is 34.3 Å². The standard InChI is InChI=1S/C28H21FN6O3S/c1-17-4-9-20-21(26(17)38-27-22(3-2-13-32-27)24-12-14-33-28(31)34-24)10-11-23(29)25(20)35-39(36,37)16-19-7-5-18(15-30)6-8-19/h2-14,35H,16H2,1H3,(H2,31,33,34). The molecule has 11 heteroatoms. The first kappa shape index (κ1) is 25.6. The molecule has 2 aromatic heterocycles. The summed E-state index contributed by atoms with van der Waals surface area (Å²) in [6.45, 7) is 1.82. The molecule has 194 valence electrons. The van der Waals surface area contributed by atoms with Crippen LogP contribution in [0.1, 0.15) is 16.7 Å². The van der Waals surface area contributed by atoms with Gasteiger partial charge >= 0.3 is 0 Å². The summed E-state index contributed by atoms with van der Waals surface area (Å²) in [6.07, 6.45) is 3.09. The number of ether oxygens (including phenoxy) is 1. The number of nitrogen functional groups attached to an aromatic ring is 1. The molecule has 0 amide bonds. The third kappa shape index (κ3) is 5.46. The molecule has 0 aliphatic heterocycles. The number of nitriles is 1. The second-order valence-corrected chi connectivity index (χ2v) is 10.4. The molecule has 2 heterocycles. The topological polar surface area (TPSA) is 144 Å². The number of aromatic nitrogens is 3. The van der Waals surface area contributed by atoms with E-state index >= 15 is 4.39 Å². The Hall–Kier alpha value is -5.08. The predicted molar refractivity (Wildman–Crippen MR) is 146 cm³/mol. The minimum atomic E-state index is -4.00. The molecule has 0 spiro atoms. The lowest BCUT2D eigenvalue weighted by atomic mass is 10.0. The highest BCUT2D eigenvalue weighted by molar-refractivity contribution is 7.91. The lowest BCUT2D eigenvalue weighted by Gasteiger charge is -2.17. The van der Waals surface area contributed by atoms with Crippen LogP contribution in [0.4, 0.5) is 16.0 Å². The molecule has 0 saturated heterocycles. The molecule has 5 rings (SSSR count). The molecule has 5 aromatic rings. The zero-order chi connectivity index (χ0) is 27.6. The van der Waals surface area contributed by atoms with Gasteiger partial charge in [-0.25, -0.2) is 27.8 Å². The van der Waals surface area contributed by atoms with E-state index in [1.165, 1.54) is 30.5 Å². The highest BCUT2D eigenvalue weighted by atomic mass is 32.2. The second kappa shape index (κ2) is 10.4. The quantitative estimate of drug-likeness (QED) is 0.282. The number of nitrogens with two attached hydrogens (primary N) is 1. The Morgan fingerprint density at radius 3 is 2.51 bits per heavy atom. The summed E-state index contributed by atoms with van der Waals surface area (Å²) in [5, 5.41) is 9.75. The first-order valence-electron chi connectivity index (χ1n) is 11.7. The number of nitrogens with one attached hydrogen (secondary N) is 1. The summed E-state index contributed by atoms with van der Waals surface area (Å²) in [5.41, 5.74) is 8.21. The number of benzene rings is 3. The van der Waals surface area contributed by atoms with Gasteiger partial charge in [0.1, 0.15) is 11.6 Å². The van der Waals surface area contributed by atoms with Crippen molar-refractivity contribution in [2.75, 3.05) is 10.5 Å². The van der Waals surface area contributed by atoms with Gasteiger partial charge in [-0.2, -0.15) is 5.26 Å². The number of sulfonamides is 1. The second-order valence-electron chi connectivity index (χ2n) is 8.66. The Morgan fingerprint density at radius 2 is 1.77 bits per heavy atom. The fourth-order valence-corrected chi connectivity index (χ4v) is 5.30. The van der Waals surface area contributed by atoms with Gasteiger partial charge in [0.2, 0.25) is 21.9 Å². The Morgan fingerprint density at radius 1 is 1.00 bits per heavy atom. The van der Waals surface area contributed by atoms with Crippen molar-refractivity contribution in [3.8, 4) is 29.0 Å². The smallest absolute Gasteiger partial charge is 0.237 e. The number of pyridine rings is 1. The zero-order valence-corrected chi connectivity index (χ0v) is 21.4. The first-order chi connectivity index (χ1) is 18.7. The maximum absolute atomic E-state index is 15.0. The van der Waals surface area contributed by atoms with Crippen LogP contribution < -0.4 is 15.2 Å². The van der Waals surface area contributed by atoms with Crippen LogP contribution in [-0.2, 0) is 15.8 Å². The van der Waals surface area contributed by atoms with E-state index in [9.17, 15) is 8.42 Å². The Kier molecular flexibility index (Phi) is 6.79. The van der Waals surface area contributed by atoms with Crippen molar-refractivity contribution in [3.63, 3.8) is 0 Å². The summed E-state index contributed by atoms with van der Waals surface area (Å²) in [7, 11) is -4.00. The number of fused-ring (bicyclic) bond motifs is 1. The lowest BCUT2D eigenvalue weighted by molar-refractivity contribution is 0.466. The molecule has 9 nitrogen and oxygen atoms in total. The first-order valence-corrected chi connectivity index (χ1v) is 13.3. The minimum Gasteiger partial charge on any atom is -0.437 e. The van der Waals surface area contributed by atoms with Crippen molar-refractivity contribution in [3.05, 3.63) is 102 Å². The van der Waals surface area contributed by atoms with Gasteiger partial charge in [-0.1, -0.05) is 24.3 Å². The predicted octanol–water partition coefficient (Wildman–Crippen LogP) is 5.33. The van der Waals surface area contributed by atoms with E-state index in [-0.39, 0.29) is 17.5 Å². The summed E-state index contributed by atoms with van der Waals surface area (Å²) in [6, 6.07) is 19.3. The van der Waals surface area contributed by atoms with Crippen molar-refractivity contribution >= 4 is 32.4 Å². The third-order valence-corrected chi connectivity index (χ3v) is 7.14. The zero-order valence-electron chi connectivity index (χ0n) is 20.6. The van der Waals surface area contributed by atoms with E-state index in [4.69, 9.17) is 15.7 Å². The number of aryl methyl sites for hydroxylation is 1. The molecule has 0 aliphatic rings. The summed E-state index contributed by atoms with van der Waals surface area (Å²) < 4.78 is 49.6. The van der Waals surface area contributed by atoms with Gasteiger partial charge in [0, 0.05) is 23.2 Å². The van der Waals surface area contributed by atoms with Crippen LogP contribution in [0.5, 0.6) is 11.6 Å². The van der Waals surface area contributed by atoms with E-state index in [2.05, 4.69) is 19.7 Å². The van der Waals surface area contributed by atoms with Crippen LogP contribution in [0.25, 0.3) is 22.0 Å². The molecule has 0 atom stereocenters. The third-order valence-electron chi connectivity index (χ3n) is 5.91. The summed E-state index contributed by atoms with van der Waals surface area (Å²) in [4.78, 5) is 12.5. The van der Waals surface area contributed by atoms with Gasteiger partial charge < -0.3 is 10.5 Å². The average Bonchev–Trinajstić information content (AvgIpc) is 2.92. The van der Waals surface area contributed by atoms with Gasteiger partial charge in [0.15, 0.2) is 0 Å².